The molecule has 3 aromatic rings. The van der Waals surface area contributed by atoms with Gasteiger partial charge in [0, 0.05) is 18.4 Å². The molecule has 3 aromatic carbocycles. The fraction of sp³-hybridized carbons (Fsp3) is 0.172. The number of ketones is 1. The number of nitrogens with one attached hydrogen (secondary N) is 1. The molecule has 2 aliphatic rings. The molecule has 1 aliphatic carbocycles. The highest BCUT2D eigenvalue weighted by molar-refractivity contribution is 6.28. The third-order valence-corrected chi connectivity index (χ3v) is 6.43. The van der Waals surface area contributed by atoms with Crippen LogP contribution in [0.1, 0.15) is 34.7 Å². The van der Waals surface area contributed by atoms with Crippen LogP contribution in [0.3, 0.4) is 0 Å². The summed E-state index contributed by atoms with van der Waals surface area (Å²) in [5.74, 6) is 0.0594. The predicted molar refractivity (Wildman–Crippen MR) is 141 cm³/mol. The molecule has 0 radical (unpaired) electrons. The summed E-state index contributed by atoms with van der Waals surface area (Å²) < 4.78 is 5.27. The van der Waals surface area contributed by atoms with Crippen molar-refractivity contribution in [1.29, 1.82) is 0 Å². The SMILES string of the molecule is COc1ccc(C2CC(C3=C(O)c4ccccc4CC3=O)=NN2C(=O)CN/N=C/c2ccccc2)cc1. The van der Waals surface area contributed by atoms with Gasteiger partial charge in [0.2, 0.25) is 0 Å². The van der Waals surface area contributed by atoms with E-state index in [1.54, 1.807) is 19.4 Å². The van der Waals surface area contributed by atoms with Gasteiger partial charge in [0.15, 0.2) is 5.78 Å². The van der Waals surface area contributed by atoms with E-state index in [4.69, 9.17) is 4.74 Å². The van der Waals surface area contributed by atoms with Crippen LogP contribution in [0.2, 0.25) is 0 Å². The van der Waals surface area contributed by atoms with Crippen molar-refractivity contribution < 1.29 is 19.4 Å². The third-order valence-electron chi connectivity index (χ3n) is 6.43. The summed E-state index contributed by atoms with van der Waals surface area (Å²) in [6.07, 6.45) is 2.10. The molecule has 5 rings (SSSR count). The molecular formula is C29H26N4O4. The van der Waals surface area contributed by atoms with Crippen molar-refractivity contribution in [1.82, 2.24) is 10.4 Å². The number of hydrogen-bond acceptors (Lipinski definition) is 7. The second kappa shape index (κ2) is 10.5. The average molecular weight is 495 g/mol. The Kier molecular flexibility index (Phi) is 6.81. The molecule has 0 aromatic heterocycles. The number of rotatable bonds is 7. The van der Waals surface area contributed by atoms with Gasteiger partial charge < -0.3 is 15.3 Å². The molecule has 1 unspecified atom stereocenters. The van der Waals surface area contributed by atoms with Crippen molar-refractivity contribution in [2.24, 2.45) is 10.2 Å². The van der Waals surface area contributed by atoms with Crippen LogP contribution in [-0.4, -0.2) is 47.4 Å². The fourth-order valence-corrected chi connectivity index (χ4v) is 4.56. The van der Waals surface area contributed by atoms with Gasteiger partial charge in [-0.05, 0) is 28.8 Å². The van der Waals surface area contributed by atoms with Crippen LogP contribution in [-0.2, 0) is 16.0 Å². The van der Waals surface area contributed by atoms with Crippen molar-refractivity contribution in [2.45, 2.75) is 18.9 Å². The van der Waals surface area contributed by atoms with Crippen molar-refractivity contribution in [3.63, 3.8) is 0 Å². The van der Waals surface area contributed by atoms with E-state index in [1.165, 1.54) is 5.01 Å². The number of hydrazone groups is 2. The first-order chi connectivity index (χ1) is 18.0. The number of benzene rings is 3. The van der Waals surface area contributed by atoms with E-state index in [2.05, 4.69) is 15.6 Å². The number of amides is 1. The summed E-state index contributed by atoms with van der Waals surface area (Å²) in [5.41, 5.74) is 6.47. The zero-order chi connectivity index (χ0) is 25.8. The molecule has 1 amide bonds. The van der Waals surface area contributed by atoms with Crippen molar-refractivity contribution in [2.75, 3.05) is 13.7 Å². The molecule has 8 heteroatoms. The van der Waals surface area contributed by atoms with Crippen molar-refractivity contribution in [3.05, 3.63) is 107 Å². The largest absolute Gasteiger partial charge is 0.506 e. The zero-order valence-electron chi connectivity index (χ0n) is 20.3. The topological polar surface area (TPSA) is 104 Å². The first-order valence-corrected chi connectivity index (χ1v) is 11.9. The highest BCUT2D eigenvalue weighted by Gasteiger charge is 2.38. The Hall–Kier alpha value is -4.72. The van der Waals surface area contributed by atoms with Gasteiger partial charge in [0.25, 0.3) is 5.91 Å². The molecule has 0 fully saturated rings. The number of carbonyl (C=O) groups excluding carboxylic acids is 2. The van der Waals surface area contributed by atoms with Crippen molar-refractivity contribution >= 4 is 29.4 Å². The quantitative estimate of drug-likeness (QED) is 0.381. The Morgan fingerprint density at radius 2 is 1.84 bits per heavy atom. The van der Waals surface area contributed by atoms with Crippen LogP contribution in [0.15, 0.2) is 94.6 Å². The van der Waals surface area contributed by atoms with Crippen LogP contribution >= 0.6 is 0 Å². The van der Waals surface area contributed by atoms with Crippen LogP contribution < -0.4 is 10.2 Å². The Balaban J connectivity index is 1.42. The smallest absolute Gasteiger partial charge is 0.264 e. The van der Waals surface area contributed by atoms with Crippen LogP contribution in [0.5, 0.6) is 5.75 Å². The van der Waals surface area contributed by atoms with Crippen molar-refractivity contribution in [3.8, 4) is 5.75 Å². The van der Waals surface area contributed by atoms with Crippen LogP contribution in [0, 0.1) is 0 Å². The van der Waals surface area contributed by atoms with Gasteiger partial charge in [-0.15, -0.1) is 0 Å². The number of Topliss-reactive ketones (excluding diaryl/α,β-unsaturated/α-hetero) is 1. The molecule has 0 saturated carbocycles. The number of hydrogen-bond donors (Lipinski definition) is 2. The summed E-state index contributed by atoms with van der Waals surface area (Å²) in [5, 5.41) is 21.1. The predicted octanol–water partition coefficient (Wildman–Crippen LogP) is 4.04. The molecule has 1 heterocycles. The van der Waals surface area contributed by atoms with Crippen LogP contribution in [0.25, 0.3) is 5.76 Å². The molecule has 1 aliphatic heterocycles. The number of ether oxygens (including phenoxy) is 1. The number of aliphatic hydroxyl groups is 1. The van der Waals surface area contributed by atoms with Gasteiger partial charge in [0.05, 0.1) is 30.7 Å². The second-order valence-corrected chi connectivity index (χ2v) is 8.76. The normalized spacial score (nSPS) is 17.1. The minimum Gasteiger partial charge on any atom is -0.506 e. The second-order valence-electron chi connectivity index (χ2n) is 8.76. The minimum atomic E-state index is -0.446. The maximum absolute atomic E-state index is 13.2. The summed E-state index contributed by atoms with van der Waals surface area (Å²) in [6.45, 7) is -0.0887. The lowest BCUT2D eigenvalue weighted by Crippen LogP contribution is -2.33. The number of aliphatic hydroxyl groups excluding tert-OH is 1. The highest BCUT2D eigenvalue weighted by Crippen LogP contribution is 2.37. The Labute approximate surface area is 214 Å². The summed E-state index contributed by atoms with van der Waals surface area (Å²) >= 11 is 0. The highest BCUT2D eigenvalue weighted by atomic mass is 16.5. The van der Waals surface area contributed by atoms with E-state index in [0.29, 0.717) is 23.4 Å². The lowest BCUT2D eigenvalue weighted by atomic mass is 9.85. The van der Waals surface area contributed by atoms with Crippen LogP contribution in [0.4, 0.5) is 0 Å². The molecule has 186 valence electrons. The summed E-state index contributed by atoms with van der Waals surface area (Å²) in [6, 6.07) is 23.7. The van der Waals surface area contributed by atoms with Gasteiger partial charge in [0.1, 0.15) is 18.1 Å². The molecule has 0 spiro atoms. The van der Waals surface area contributed by atoms with E-state index >= 15 is 0 Å². The first-order valence-electron chi connectivity index (χ1n) is 11.9. The maximum Gasteiger partial charge on any atom is 0.264 e. The standard InChI is InChI=1S/C29H26N4O4/c1-37-22-13-11-20(12-14-22)25-16-24(28-26(34)15-21-9-5-6-10-23(21)29(28)36)32-33(25)27(35)18-31-30-17-19-7-3-2-4-8-19/h2-14,17,25,31,36H,15-16,18H2,1H3/b30-17+. The number of allylic oxidation sites excluding steroid dienone is 1. The lowest BCUT2D eigenvalue weighted by molar-refractivity contribution is -0.132. The molecular weight excluding hydrogens is 468 g/mol. The average Bonchev–Trinajstić information content (AvgIpc) is 3.37. The van der Waals surface area contributed by atoms with E-state index in [0.717, 1.165) is 16.7 Å². The lowest BCUT2D eigenvalue weighted by Gasteiger charge is -2.22. The van der Waals surface area contributed by atoms with Gasteiger partial charge in [-0.25, -0.2) is 5.01 Å². The fourth-order valence-electron chi connectivity index (χ4n) is 4.56. The van der Waals surface area contributed by atoms with E-state index in [-0.39, 0.29) is 36.0 Å². The molecule has 2 N–H and O–H groups in total. The molecule has 0 saturated heterocycles. The minimum absolute atomic E-state index is 0.0887. The molecule has 1 atom stereocenters. The molecule has 8 nitrogen and oxygen atoms in total. The Bertz CT molecular complexity index is 1410. The number of fused-ring (bicyclic) bond motifs is 1. The van der Waals surface area contributed by atoms with Gasteiger partial charge in [-0.2, -0.15) is 10.2 Å². The number of carbonyl (C=O) groups is 2. The van der Waals surface area contributed by atoms with Gasteiger partial charge in [-0.1, -0.05) is 66.7 Å². The van der Waals surface area contributed by atoms with E-state index in [9.17, 15) is 14.7 Å². The Morgan fingerprint density at radius 3 is 2.59 bits per heavy atom. The van der Waals surface area contributed by atoms with E-state index < -0.39 is 6.04 Å². The number of methoxy groups -OCH3 is 1. The maximum atomic E-state index is 13.2. The number of nitrogens with zero attached hydrogens (tertiary/aromatic N) is 3. The summed E-state index contributed by atoms with van der Waals surface area (Å²) in [4.78, 5) is 26.3. The zero-order valence-corrected chi connectivity index (χ0v) is 20.3. The first kappa shape index (κ1) is 24.0. The van der Waals surface area contributed by atoms with Gasteiger partial charge >= 0.3 is 0 Å². The van der Waals surface area contributed by atoms with E-state index in [1.807, 2.05) is 72.8 Å². The summed E-state index contributed by atoms with van der Waals surface area (Å²) in [7, 11) is 1.59. The Morgan fingerprint density at radius 1 is 1.11 bits per heavy atom. The third kappa shape index (κ3) is 4.99. The monoisotopic (exact) mass is 494 g/mol. The molecule has 37 heavy (non-hydrogen) atoms. The molecule has 0 bridgehead atoms. The van der Waals surface area contributed by atoms with Gasteiger partial charge in [-0.3, -0.25) is 9.59 Å².